The number of nitrogens with zero attached hydrogens (tertiary/aromatic N) is 1. The predicted molar refractivity (Wildman–Crippen MR) is 97.0 cm³/mol. The zero-order valence-electron chi connectivity index (χ0n) is 14.1. The van der Waals surface area contributed by atoms with Crippen molar-refractivity contribution in [2.24, 2.45) is 0 Å². The normalized spacial score (nSPS) is 11.1. The molecule has 1 aromatic heterocycles. The second-order valence-electron chi connectivity index (χ2n) is 5.64. The van der Waals surface area contributed by atoms with Gasteiger partial charge in [0.15, 0.2) is 11.5 Å². The van der Waals surface area contributed by atoms with Crippen LogP contribution < -0.4 is 5.32 Å². The lowest BCUT2D eigenvalue weighted by atomic mass is 10.2. The van der Waals surface area contributed by atoms with Crippen molar-refractivity contribution in [2.75, 3.05) is 6.54 Å². The van der Waals surface area contributed by atoms with Crippen molar-refractivity contribution in [1.82, 2.24) is 10.3 Å². The molecular weight excluding hydrogens is 316 g/mol. The topological polar surface area (TPSA) is 64.4 Å². The molecule has 0 radical (unpaired) electrons. The molecule has 0 bridgehead atoms. The molecule has 0 unspecified atom stereocenters. The van der Waals surface area contributed by atoms with Gasteiger partial charge in [-0.25, -0.2) is 9.78 Å². The van der Waals surface area contributed by atoms with Gasteiger partial charge in [-0.1, -0.05) is 48.6 Å². The number of aromatic nitrogens is 1. The minimum atomic E-state index is -0.407. The van der Waals surface area contributed by atoms with Crippen LogP contribution in [0.3, 0.4) is 0 Å². The molecule has 1 amide bonds. The highest BCUT2D eigenvalue weighted by Gasteiger charge is 2.02. The Kier molecular flexibility index (Phi) is 5.46. The largest absolute Gasteiger partial charge is 0.445 e. The summed E-state index contributed by atoms with van der Waals surface area (Å²) in [6.07, 6.45) is 4.31. The molecule has 0 atom stereocenters. The van der Waals surface area contributed by atoms with Gasteiger partial charge in [-0.15, -0.1) is 0 Å². The van der Waals surface area contributed by atoms with Crippen molar-refractivity contribution in [3.63, 3.8) is 0 Å². The number of carbonyl (C=O) groups is 1. The van der Waals surface area contributed by atoms with E-state index in [-0.39, 0.29) is 6.61 Å². The van der Waals surface area contributed by atoms with Gasteiger partial charge in [-0.05, 0) is 29.7 Å². The number of nitrogens with one attached hydrogen (secondary N) is 1. The minimum Gasteiger partial charge on any atom is -0.445 e. The second kappa shape index (κ2) is 8.15. The van der Waals surface area contributed by atoms with E-state index in [9.17, 15) is 4.79 Å². The molecule has 5 heteroatoms. The van der Waals surface area contributed by atoms with Crippen molar-refractivity contribution < 1.29 is 13.9 Å². The summed E-state index contributed by atoms with van der Waals surface area (Å²) in [7, 11) is 0. The van der Waals surface area contributed by atoms with Crippen LogP contribution in [0.5, 0.6) is 0 Å². The lowest BCUT2D eigenvalue weighted by Crippen LogP contribution is -2.24. The third kappa shape index (κ3) is 4.94. The fourth-order valence-corrected chi connectivity index (χ4v) is 2.41. The fraction of sp³-hybridized carbons (Fsp3) is 0.200. The summed E-state index contributed by atoms with van der Waals surface area (Å²) in [5, 5.41) is 2.73. The number of rotatable bonds is 6. The highest BCUT2D eigenvalue weighted by atomic mass is 16.5. The molecule has 128 valence electrons. The van der Waals surface area contributed by atoms with Crippen LogP contribution >= 0.6 is 0 Å². The number of oxazole rings is 1. The zero-order valence-corrected chi connectivity index (χ0v) is 14.1. The average Bonchev–Trinajstić information content (AvgIpc) is 3.00. The Morgan fingerprint density at radius 3 is 2.92 bits per heavy atom. The van der Waals surface area contributed by atoms with Gasteiger partial charge in [-0.2, -0.15) is 0 Å². The number of hydrogen-bond donors (Lipinski definition) is 1. The number of ether oxygens (including phenoxy) is 1. The van der Waals surface area contributed by atoms with Crippen LogP contribution in [-0.2, 0) is 11.3 Å². The molecule has 2 aromatic carbocycles. The fourth-order valence-electron chi connectivity index (χ4n) is 2.41. The number of carbonyl (C=O) groups excluding carboxylic acids is 1. The summed E-state index contributed by atoms with van der Waals surface area (Å²) < 4.78 is 10.7. The summed E-state index contributed by atoms with van der Waals surface area (Å²) in [5.74, 6) is 0.661. The van der Waals surface area contributed by atoms with Crippen LogP contribution in [-0.4, -0.2) is 17.6 Å². The SMILES string of the molecule is Cc1nc2ccc(C=CCCNC(=O)OCc3ccccc3)cc2o1. The van der Waals surface area contributed by atoms with Gasteiger partial charge in [0.25, 0.3) is 0 Å². The van der Waals surface area contributed by atoms with Crippen molar-refractivity contribution in [3.8, 4) is 0 Å². The van der Waals surface area contributed by atoms with Crippen molar-refractivity contribution in [3.05, 3.63) is 71.6 Å². The first-order valence-electron chi connectivity index (χ1n) is 8.19. The second-order valence-corrected chi connectivity index (χ2v) is 5.64. The smallest absolute Gasteiger partial charge is 0.407 e. The zero-order chi connectivity index (χ0) is 17.5. The van der Waals surface area contributed by atoms with Crippen LogP contribution in [0, 0.1) is 6.92 Å². The maximum atomic E-state index is 11.6. The lowest BCUT2D eigenvalue weighted by molar-refractivity contribution is 0.140. The first-order valence-corrected chi connectivity index (χ1v) is 8.19. The first kappa shape index (κ1) is 16.8. The summed E-state index contributed by atoms with van der Waals surface area (Å²) in [4.78, 5) is 15.9. The van der Waals surface area contributed by atoms with Crippen LogP contribution in [0.4, 0.5) is 4.79 Å². The average molecular weight is 336 g/mol. The predicted octanol–water partition coefficient (Wildman–Crippen LogP) is 4.47. The van der Waals surface area contributed by atoms with Gasteiger partial charge >= 0.3 is 6.09 Å². The molecule has 3 rings (SSSR count). The Hall–Kier alpha value is -3.08. The van der Waals surface area contributed by atoms with Gasteiger partial charge in [0.1, 0.15) is 12.1 Å². The third-order valence-corrected chi connectivity index (χ3v) is 3.62. The first-order chi connectivity index (χ1) is 12.2. The standard InChI is InChI=1S/C20H20N2O3/c1-15-22-18-11-10-16(13-19(18)25-15)7-5-6-12-21-20(23)24-14-17-8-3-2-4-9-17/h2-5,7-11,13H,6,12,14H2,1H3,(H,21,23). The van der Waals surface area contributed by atoms with E-state index in [1.807, 2.05) is 67.6 Å². The Morgan fingerprint density at radius 2 is 2.08 bits per heavy atom. The van der Waals surface area contributed by atoms with E-state index in [1.165, 1.54) is 0 Å². The monoisotopic (exact) mass is 336 g/mol. The molecule has 0 saturated carbocycles. The molecule has 0 aliphatic rings. The summed E-state index contributed by atoms with van der Waals surface area (Å²) >= 11 is 0. The summed E-state index contributed by atoms with van der Waals surface area (Å²) in [6.45, 7) is 2.63. The number of aryl methyl sites for hydroxylation is 1. The molecule has 1 N–H and O–H groups in total. The van der Waals surface area contributed by atoms with E-state index in [2.05, 4.69) is 10.3 Å². The molecule has 1 heterocycles. The Bertz CT molecular complexity index is 869. The Morgan fingerprint density at radius 1 is 1.24 bits per heavy atom. The number of benzene rings is 2. The maximum Gasteiger partial charge on any atom is 0.407 e. The number of alkyl carbamates (subject to hydrolysis) is 1. The molecule has 0 aliphatic carbocycles. The van der Waals surface area contributed by atoms with Crippen molar-refractivity contribution in [1.29, 1.82) is 0 Å². The Labute approximate surface area is 146 Å². The van der Waals surface area contributed by atoms with Gasteiger partial charge < -0.3 is 14.5 Å². The van der Waals surface area contributed by atoms with Crippen molar-refractivity contribution >= 4 is 23.3 Å². The molecule has 3 aromatic rings. The van der Waals surface area contributed by atoms with Gasteiger partial charge in [0, 0.05) is 13.5 Å². The van der Waals surface area contributed by atoms with Gasteiger partial charge in [0.2, 0.25) is 0 Å². The third-order valence-electron chi connectivity index (χ3n) is 3.62. The van der Waals surface area contributed by atoms with E-state index >= 15 is 0 Å². The van der Waals surface area contributed by atoms with E-state index in [4.69, 9.17) is 9.15 Å². The molecule has 0 fully saturated rings. The molecule has 0 spiro atoms. The quantitative estimate of drug-likeness (QED) is 0.675. The van der Waals surface area contributed by atoms with Crippen LogP contribution in [0.15, 0.2) is 59.0 Å². The van der Waals surface area contributed by atoms with Gasteiger partial charge in [0.05, 0.1) is 0 Å². The molecular formula is C20H20N2O3. The summed E-state index contributed by atoms with van der Waals surface area (Å²) in [5.41, 5.74) is 3.64. The number of amides is 1. The number of hydrogen-bond acceptors (Lipinski definition) is 4. The molecule has 0 saturated heterocycles. The molecule has 5 nitrogen and oxygen atoms in total. The van der Waals surface area contributed by atoms with Crippen molar-refractivity contribution in [2.45, 2.75) is 20.0 Å². The van der Waals surface area contributed by atoms with Crippen LogP contribution in [0.25, 0.3) is 17.2 Å². The van der Waals surface area contributed by atoms with Crippen LogP contribution in [0.1, 0.15) is 23.4 Å². The lowest BCUT2D eigenvalue weighted by Gasteiger charge is -2.05. The van der Waals surface area contributed by atoms with Crippen LogP contribution in [0.2, 0.25) is 0 Å². The molecule has 25 heavy (non-hydrogen) atoms. The van der Waals surface area contributed by atoms with E-state index in [1.54, 1.807) is 0 Å². The van der Waals surface area contributed by atoms with E-state index in [0.717, 1.165) is 22.2 Å². The van der Waals surface area contributed by atoms with Gasteiger partial charge in [-0.3, -0.25) is 0 Å². The maximum absolute atomic E-state index is 11.6. The highest BCUT2D eigenvalue weighted by Crippen LogP contribution is 2.17. The highest BCUT2D eigenvalue weighted by molar-refractivity contribution is 5.76. The minimum absolute atomic E-state index is 0.277. The Balaban J connectivity index is 1.39. The number of fused-ring (bicyclic) bond motifs is 1. The molecule has 0 aliphatic heterocycles. The van der Waals surface area contributed by atoms with E-state index < -0.39 is 6.09 Å². The van der Waals surface area contributed by atoms with E-state index in [0.29, 0.717) is 18.9 Å². The summed E-state index contributed by atoms with van der Waals surface area (Å²) in [6, 6.07) is 15.5.